The molecule has 0 aliphatic carbocycles. The predicted octanol–water partition coefficient (Wildman–Crippen LogP) is 2.39. The molecular weight excluding hydrogens is 388 g/mol. The van der Waals surface area contributed by atoms with Crippen LogP contribution in [0.5, 0.6) is 0 Å². The molecule has 4 rings (SSSR count). The molecule has 0 radical (unpaired) electrons. The summed E-state index contributed by atoms with van der Waals surface area (Å²) in [6, 6.07) is 13.6. The summed E-state index contributed by atoms with van der Waals surface area (Å²) < 4.78 is 23.5. The normalized spacial score (nSPS) is 24.5. The van der Waals surface area contributed by atoms with Gasteiger partial charge in [-0.25, -0.2) is 8.42 Å². The van der Waals surface area contributed by atoms with Crippen LogP contribution in [0.15, 0.2) is 42.5 Å². The first-order valence-corrected chi connectivity index (χ1v) is 11.9. The van der Waals surface area contributed by atoms with Crippen molar-refractivity contribution in [3.05, 3.63) is 48.0 Å². The monoisotopic (exact) mass is 414 g/mol. The van der Waals surface area contributed by atoms with Crippen molar-refractivity contribution in [1.29, 1.82) is 0 Å². The third kappa shape index (κ3) is 4.15. The Morgan fingerprint density at radius 3 is 2.45 bits per heavy atom. The van der Waals surface area contributed by atoms with E-state index in [4.69, 9.17) is 0 Å². The lowest BCUT2D eigenvalue weighted by Crippen LogP contribution is -2.51. The molecule has 2 aliphatic rings. The van der Waals surface area contributed by atoms with E-state index in [-0.39, 0.29) is 29.2 Å². The molecular formula is C22H26N2O4S. The van der Waals surface area contributed by atoms with Gasteiger partial charge < -0.3 is 10.2 Å². The number of fused-ring (bicyclic) bond motifs is 1. The van der Waals surface area contributed by atoms with Gasteiger partial charge in [0.1, 0.15) is 0 Å². The summed E-state index contributed by atoms with van der Waals surface area (Å²) in [5.74, 6) is -0.158. The van der Waals surface area contributed by atoms with Gasteiger partial charge in [0.15, 0.2) is 9.84 Å². The molecule has 1 atom stereocenters. The van der Waals surface area contributed by atoms with E-state index in [2.05, 4.69) is 5.32 Å². The van der Waals surface area contributed by atoms with E-state index in [9.17, 15) is 18.0 Å². The van der Waals surface area contributed by atoms with E-state index < -0.39 is 15.4 Å². The number of sulfone groups is 1. The zero-order valence-electron chi connectivity index (χ0n) is 16.6. The Kier molecular flexibility index (Phi) is 5.11. The maximum absolute atomic E-state index is 13.1. The van der Waals surface area contributed by atoms with Gasteiger partial charge in [-0.05, 0) is 43.0 Å². The van der Waals surface area contributed by atoms with Crippen LogP contribution in [0, 0.1) is 5.92 Å². The summed E-state index contributed by atoms with van der Waals surface area (Å²) in [7, 11) is -3.07. The van der Waals surface area contributed by atoms with Crippen LogP contribution in [0.4, 0.5) is 0 Å². The number of benzene rings is 2. The highest BCUT2D eigenvalue weighted by atomic mass is 32.2. The minimum atomic E-state index is -3.07. The van der Waals surface area contributed by atoms with E-state index in [1.165, 1.54) is 0 Å². The number of hydrogen-bond acceptors (Lipinski definition) is 4. The summed E-state index contributed by atoms with van der Waals surface area (Å²) >= 11 is 0. The molecule has 2 fully saturated rings. The smallest absolute Gasteiger partial charge is 0.254 e. The lowest BCUT2D eigenvalue weighted by molar-refractivity contribution is -0.127. The summed E-state index contributed by atoms with van der Waals surface area (Å²) in [6.07, 6.45) is 1.63. The summed E-state index contributed by atoms with van der Waals surface area (Å²) in [5.41, 5.74) is 0.0147. The fourth-order valence-electron chi connectivity index (χ4n) is 4.44. The molecule has 0 saturated carbocycles. The van der Waals surface area contributed by atoms with Crippen molar-refractivity contribution in [3.8, 4) is 0 Å². The topological polar surface area (TPSA) is 83.6 Å². The number of rotatable bonds is 3. The van der Waals surface area contributed by atoms with Gasteiger partial charge in [-0.2, -0.15) is 0 Å². The highest BCUT2D eigenvalue weighted by Gasteiger charge is 2.41. The van der Waals surface area contributed by atoms with E-state index >= 15 is 0 Å². The molecule has 0 aromatic heterocycles. The molecule has 6 nitrogen and oxygen atoms in total. The highest BCUT2D eigenvalue weighted by molar-refractivity contribution is 7.91. The number of nitrogens with one attached hydrogen (secondary N) is 1. The molecule has 2 heterocycles. The van der Waals surface area contributed by atoms with Crippen LogP contribution >= 0.6 is 0 Å². The first-order chi connectivity index (χ1) is 13.8. The molecule has 7 heteroatoms. The van der Waals surface area contributed by atoms with Crippen molar-refractivity contribution in [2.75, 3.05) is 24.6 Å². The van der Waals surface area contributed by atoms with Gasteiger partial charge in [0.25, 0.3) is 5.91 Å². The Bertz CT molecular complexity index is 1050. The fourth-order valence-corrected chi connectivity index (χ4v) is 6.53. The Labute approximate surface area is 171 Å². The lowest BCUT2D eigenvalue weighted by Gasteiger charge is -2.33. The number of carbonyl (C=O) groups is 2. The van der Waals surface area contributed by atoms with Crippen molar-refractivity contribution in [1.82, 2.24) is 10.2 Å². The second kappa shape index (κ2) is 7.44. The van der Waals surface area contributed by atoms with Crippen molar-refractivity contribution < 1.29 is 18.0 Å². The molecule has 154 valence electrons. The maximum Gasteiger partial charge on any atom is 0.254 e. The Hall–Kier alpha value is -2.41. The highest BCUT2D eigenvalue weighted by Crippen LogP contribution is 2.26. The number of amides is 2. The maximum atomic E-state index is 13.1. The van der Waals surface area contributed by atoms with E-state index in [1.54, 1.807) is 6.92 Å². The molecule has 2 aliphatic heterocycles. The third-order valence-electron chi connectivity index (χ3n) is 6.10. The van der Waals surface area contributed by atoms with Crippen LogP contribution < -0.4 is 5.32 Å². The zero-order chi connectivity index (χ0) is 20.6. The van der Waals surface area contributed by atoms with Crippen LogP contribution in [0.25, 0.3) is 10.8 Å². The molecule has 1 N–H and O–H groups in total. The van der Waals surface area contributed by atoms with Crippen LogP contribution in [-0.2, 0) is 14.6 Å². The molecule has 0 bridgehead atoms. The number of carbonyl (C=O) groups excluding carboxylic acids is 2. The third-order valence-corrected chi connectivity index (χ3v) is 8.00. The van der Waals surface area contributed by atoms with Crippen molar-refractivity contribution in [3.63, 3.8) is 0 Å². The summed E-state index contributed by atoms with van der Waals surface area (Å²) in [5, 5.41) is 4.93. The largest absolute Gasteiger partial charge is 0.350 e. The second-order valence-corrected chi connectivity index (χ2v) is 10.7. The molecule has 2 aromatic rings. The van der Waals surface area contributed by atoms with E-state index in [1.807, 2.05) is 47.4 Å². The number of nitrogens with zero attached hydrogens (tertiary/aromatic N) is 1. The molecule has 2 saturated heterocycles. The van der Waals surface area contributed by atoms with Crippen molar-refractivity contribution >= 4 is 32.4 Å². The fraction of sp³-hybridized carbons (Fsp3) is 0.455. The average molecular weight is 415 g/mol. The molecule has 2 amide bonds. The number of likely N-dealkylation sites (tertiary alicyclic amines) is 1. The van der Waals surface area contributed by atoms with Crippen LogP contribution in [0.1, 0.15) is 36.5 Å². The van der Waals surface area contributed by atoms with Gasteiger partial charge in [0.2, 0.25) is 5.91 Å². The van der Waals surface area contributed by atoms with Gasteiger partial charge in [-0.1, -0.05) is 36.4 Å². The van der Waals surface area contributed by atoms with Gasteiger partial charge in [0, 0.05) is 24.6 Å². The van der Waals surface area contributed by atoms with E-state index in [0.29, 0.717) is 37.9 Å². The Morgan fingerprint density at radius 1 is 1.07 bits per heavy atom. The second-order valence-electron chi connectivity index (χ2n) is 8.49. The SMILES string of the molecule is CC1(NC(=O)C2CCN(C(=O)c3cccc4ccccc34)CC2)CCS(=O)(=O)C1. The van der Waals surface area contributed by atoms with Gasteiger partial charge in [0.05, 0.1) is 17.0 Å². The average Bonchev–Trinajstić information content (AvgIpc) is 2.99. The minimum absolute atomic E-state index is 0.00412. The zero-order valence-corrected chi connectivity index (χ0v) is 17.4. The van der Waals surface area contributed by atoms with Crippen molar-refractivity contribution in [2.45, 2.75) is 31.7 Å². The van der Waals surface area contributed by atoms with E-state index in [0.717, 1.165) is 10.8 Å². The van der Waals surface area contributed by atoms with Crippen LogP contribution in [-0.4, -0.2) is 55.3 Å². The van der Waals surface area contributed by atoms with Crippen LogP contribution in [0.3, 0.4) is 0 Å². The first kappa shape index (κ1) is 19.9. The van der Waals surface area contributed by atoms with Gasteiger partial charge in [-0.15, -0.1) is 0 Å². The first-order valence-electron chi connectivity index (χ1n) is 10.1. The molecule has 29 heavy (non-hydrogen) atoms. The standard InChI is InChI=1S/C22H26N2O4S/c1-22(11-14-29(27,28)15-22)23-20(25)17-9-12-24(13-10-17)21(26)19-8-4-6-16-5-2-3-7-18(16)19/h2-8,17H,9-15H2,1H3,(H,23,25). The number of piperidine rings is 1. The molecule has 1 unspecified atom stereocenters. The molecule has 0 spiro atoms. The lowest BCUT2D eigenvalue weighted by atomic mass is 9.93. The number of hydrogen-bond donors (Lipinski definition) is 1. The van der Waals surface area contributed by atoms with Crippen molar-refractivity contribution in [2.24, 2.45) is 5.92 Å². The Morgan fingerprint density at radius 2 is 1.76 bits per heavy atom. The summed E-state index contributed by atoms with van der Waals surface area (Å²) in [6.45, 7) is 2.85. The van der Waals surface area contributed by atoms with Gasteiger partial charge >= 0.3 is 0 Å². The quantitative estimate of drug-likeness (QED) is 0.836. The summed E-state index contributed by atoms with van der Waals surface area (Å²) in [4.78, 5) is 27.5. The predicted molar refractivity (Wildman–Crippen MR) is 112 cm³/mol. The molecule has 2 aromatic carbocycles. The van der Waals surface area contributed by atoms with Crippen LogP contribution in [0.2, 0.25) is 0 Å². The Balaban J connectivity index is 1.39. The minimum Gasteiger partial charge on any atom is -0.350 e. The van der Waals surface area contributed by atoms with Gasteiger partial charge in [-0.3, -0.25) is 9.59 Å².